The monoisotopic (exact) mass is 231 g/mol. The zero-order valence-electron chi connectivity index (χ0n) is 8.76. The average Bonchev–Trinajstić information content (AvgIpc) is 2.02. The van der Waals surface area contributed by atoms with Crippen molar-refractivity contribution in [2.75, 3.05) is 11.0 Å². The second kappa shape index (κ2) is 4.36. The van der Waals surface area contributed by atoms with Crippen LogP contribution in [0.1, 0.15) is 26.5 Å². The first-order chi connectivity index (χ1) is 6.43. The fourth-order valence-electron chi connectivity index (χ4n) is 0.939. The van der Waals surface area contributed by atoms with Gasteiger partial charge in [-0.05, 0) is 6.07 Å². The van der Waals surface area contributed by atoms with E-state index in [1.807, 2.05) is 6.26 Å². The van der Waals surface area contributed by atoms with Crippen molar-refractivity contribution in [1.29, 1.82) is 0 Å². The lowest BCUT2D eigenvalue weighted by Gasteiger charge is -2.18. The molecule has 0 radical (unpaired) electrons. The molecule has 0 aliphatic heterocycles. The Balaban J connectivity index is 3.07. The molecular formula is C9H14ClN3S. The van der Waals surface area contributed by atoms with E-state index in [1.165, 1.54) is 11.9 Å². The minimum atomic E-state index is -0.0125. The molecule has 1 heterocycles. The smallest absolute Gasteiger partial charge is 0.234 e. The van der Waals surface area contributed by atoms with Crippen LogP contribution in [0.25, 0.3) is 0 Å². The Morgan fingerprint density at radius 1 is 1.36 bits per heavy atom. The van der Waals surface area contributed by atoms with E-state index in [-0.39, 0.29) is 5.41 Å². The highest BCUT2D eigenvalue weighted by atomic mass is 35.5. The molecule has 1 aromatic heterocycles. The normalized spacial score (nSPS) is 11.5. The Labute approximate surface area is 93.8 Å². The number of halogens is 1. The van der Waals surface area contributed by atoms with Crippen LogP contribution in [-0.4, -0.2) is 16.2 Å². The summed E-state index contributed by atoms with van der Waals surface area (Å²) in [5, 5.41) is 0.474. The standard InChI is InChI=1S/C9H14ClN3S/c1-9(2,3)6-5-7(10)12-8(11-6)13-14-4/h5H,1-4H3,(H,11,12,13). The second-order valence-corrected chi connectivity index (χ2v) is 4.96. The van der Waals surface area contributed by atoms with Gasteiger partial charge in [-0.2, -0.15) is 0 Å². The van der Waals surface area contributed by atoms with Crippen LogP contribution in [0.5, 0.6) is 0 Å². The minimum Gasteiger partial charge on any atom is -0.298 e. The average molecular weight is 232 g/mol. The Hall–Kier alpha value is -0.480. The maximum atomic E-state index is 5.89. The molecule has 0 aliphatic carbocycles. The van der Waals surface area contributed by atoms with Crippen molar-refractivity contribution >= 4 is 29.5 Å². The van der Waals surface area contributed by atoms with Gasteiger partial charge in [-0.3, -0.25) is 4.72 Å². The first-order valence-electron chi connectivity index (χ1n) is 4.27. The van der Waals surface area contributed by atoms with Crippen molar-refractivity contribution in [3.05, 3.63) is 16.9 Å². The molecule has 14 heavy (non-hydrogen) atoms. The quantitative estimate of drug-likeness (QED) is 0.627. The Morgan fingerprint density at radius 3 is 2.50 bits per heavy atom. The van der Waals surface area contributed by atoms with Crippen LogP contribution in [0.3, 0.4) is 0 Å². The molecular weight excluding hydrogens is 218 g/mol. The maximum absolute atomic E-state index is 5.89. The molecule has 0 fully saturated rings. The molecule has 0 aliphatic rings. The van der Waals surface area contributed by atoms with Crippen molar-refractivity contribution < 1.29 is 0 Å². The van der Waals surface area contributed by atoms with Crippen LogP contribution >= 0.6 is 23.5 Å². The van der Waals surface area contributed by atoms with Crippen molar-refractivity contribution in [3.63, 3.8) is 0 Å². The van der Waals surface area contributed by atoms with Gasteiger partial charge >= 0.3 is 0 Å². The molecule has 3 nitrogen and oxygen atoms in total. The Bertz CT molecular complexity index is 322. The van der Waals surface area contributed by atoms with Crippen LogP contribution in [0.15, 0.2) is 6.07 Å². The summed E-state index contributed by atoms with van der Waals surface area (Å²) in [6.07, 6.45) is 1.92. The van der Waals surface area contributed by atoms with Gasteiger partial charge in [0.25, 0.3) is 0 Å². The van der Waals surface area contributed by atoms with Crippen molar-refractivity contribution in [2.24, 2.45) is 0 Å². The van der Waals surface area contributed by atoms with Crippen LogP contribution in [0, 0.1) is 0 Å². The van der Waals surface area contributed by atoms with E-state index in [4.69, 9.17) is 11.6 Å². The third-order valence-corrected chi connectivity index (χ3v) is 2.24. The van der Waals surface area contributed by atoms with Crippen molar-refractivity contribution in [3.8, 4) is 0 Å². The zero-order valence-corrected chi connectivity index (χ0v) is 10.3. The van der Waals surface area contributed by atoms with Crippen LogP contribution in [0.2, 0.25) is 5.15 Å². The van der Waals surface area contributed by atoms with Gasteiger partial charge in [0.1, 0.15) is 5.15 Å². The van der Waals surface area contributed by atoms with E-state index in [0.29, 0.717) is 11.1 Å². The molecule has 0 amide bonds. The fraction of sp³-hybridized carbons (Fsp3) is 0.556. The third kappa shape index (κ3) is 3.03. The molecule has 0 atom stereocenters. The zero-order chi connectivity index (χ0) is 10.8. The molecule has 1 aromatic rings. The van der Waals surface area contributed by atoms with Gasteiger partial charge in [0.05, 0.1) is 5.69 Å². The topological polar surface area (TPSA) is 37.8 Å². The predicted octanol–water partition coefficient (Wildman–Crippen LogP) is 3.12. The number of nitrogens with zero attached hydrogens (tertiary/aromatic N) is 2. The molecule has 0 aromatic carbocycles. The van der Waals surface area contributed by atoms with Crippen LogP contribution < -0.4 is 4.72 Å². The summed E-state index contributed by atoms with van der Waals surface area (Å²) in [6, 6.07) is 1.80. The first kappa shape index (κ1) is 11.6. The number of hydrogen-bond donors (Lipinski definition) is 1. The van der Waals surface area contributed by atoms with E-state index in [2.05, 4.69) is 35.5 Å². The van der Waals surface area contributed by atoms with Gasteiger partial charge < -0.3 is 0 Å². The van der Waals surface area contributed by atoms with Crippen LogP contribution in [-0.2, 0) is 5.41 Å². The molecule has 0 saturated carbocycles. The fourth-order valence-corrected chi connectivity index (χ4v) is 1.40. The molecule has 78 valence electrons. The second-order valence-electron chi connectivity index (χ2n) is 3.96. The van der Waals surface area contributed by atoms with Gasteiger partial charge in [0.15, 0.2) is 0 Å². The van der Waals surface area contributed by atoms with E-state index in [9.17, 15) is 0 Å². The predicted molar refractivity (Wildman–Crippen MR) is 62.9 cm³/mol. The summed E-state index contributed by atoms with van der Waals surface area (Å²) < 4.78 is 2.97. The number of rotatable bonds is 2. The van der Waals surface area contributed by atoms with E-state index in [1.54, 1.807) is 6.07 Å². The van der Waals surface area contributed by atoms with Gasteiger partial charge in [0.2, 0.25) is 5.95 Å². The lowest BCUT2D eigenvalue weighted by Crippen LogP contribution is -2.14. The molecule has 1 rings (SSSR count). The van der Waals surface area contributed by atoms with Crippen molar-refractivity contribution in [1.82, 2.24) is 9.97 Å². The van der Waals surface area contributed by atoms with E-state index >= 15 is 0 Å². The summed E-state index contributed by atoms with van der Waals surface area (Å²) in [5.41, 5.74) is 0.926. The van der Waals surface area contributed by atoms with Gasteiger partial charge in [-0.15, -0.1) is 0 Å². The molecule has 0 bridgehead atoms. The van der Waals surface area contributed by atoms with Gasteiger partial charge in [-0.25, -0.2) is 9.97 Å². The number of nitrogens with one attached hydrogen (secondary N) is 1. The van der Waals surface area contributed by atoms with E-state index in [0.717, 1.165) is 5.69 Å². The minimum absolute atomic E-state index is 0.0125. The lowest BCUT2D eigenvalue weighted by atomic mass is 9.92. The number of aromatic nitrogens is 2. The van der Waals surface area contributed by atoms with Gasteiger partial charge in [-0.1, -0.05) is 44.3 Å². The summed E-state index contributed by atoms with van der Waals surface area (Å²) in [7, 11) is 0. The first-order valence-corrected chi connectivity index (χ1v) is 5.88. The number of hydrogen-bond acceptors (Lipinski definition) is 4. The Morgan fingerprint density at radius 2 is 2.00 bits per heavy atom. The molecule has 5 heteroatoms. The summed E-state index contributed by atoms with van der Waals surface area (Å²) in [6.45, 7) is 6.28. The molecule has 0 spiro atoms. The Kier molecular flexibility index (Phi) is 3.61. The summed E-state index contributed by atoms with van der Waals surface area (Å²) in [5.74, 6) is 0.565. The molecule has 0 saturated heterocycles. The van der Waals surface area contributed by atoms with Gasteiger partial charge in [0, 0.05) is 11.7 Å². The highest BCUT2D eigenvalue weighted by Gasteiger charge is 2.17. The molecule has 1 N–H and O–H groups in total. The van der Waals surface area contributed by atoms with Crippen molar-refractivity contribution in [2.45, 2.75) is 26.2 Å². The maximum Gasteiger partial charge on any atom is 0.234 e. The highest BCUT2D eigenvalue weighted by Crippen LogP contribution is 2.23. The number of anilines is 1. The lowest BCUT2D eigenvalue weighted by molar-refractivity contribution is 0.568. The third-order valence-electron chi connectivity index (χ3n) is 1.66. The SMILES string of the molecule is CSNc1nc(Cl)cc(C(C)(C)C)n1. The largest absolute Gasteiger partial charge is 0.298 e. The summed E-state index contributed by atoms with van der Waals surface area (Å²) >= 11 is 7.34. The van der Waals surface area contributed by atoms with Crippen LogP contribution in [0.4, 0.5) is 5.95 Å². The highest BCUT2D eigenvalue weighted by molar-refractivity contribution is 7.99. The van der Waals surface area contributed by atoms with E-state index < -0.39 is 0 Å². The summed E-state index contributed by atoms with van der Waals surface area (Å²) in [4.78, 5) is 8.43. The molecule has 0 unspecified atom stereocenters.